The Morgan fingerprint density at radius 3 is 2.62 bits per heavy atom. The molecule has 3 nitrogen and oxygen atoms in total. The molecule has 0 bridgehead atoms. The van der Waals surface area contributed by atoms with Crippen molar-refractivity contribution >= 4 is 0 Å². The fourth-order valence-corrected chi connectivity index (χ4v) is 1.18. The van der Waals surface area contributed by atoms with E-state index >= 15 is 0 Å². The van der Waals surface area contributed by atoms with E-state index in [1.807, 2.05) is 25.2 Å². The lowest BCUT2D eigenvalue weighted by atomic mass is 10.2. The zero-order chi connectivity index (χ0) is 9.52. The molecule has 0 amide bonds. The summed E-state index contributed by atoms with van der Waals surface area (Å²) >= 11 is 0. The highest BCUT2D eigenvalue weighted by atomic mass is 16.6. The van der Waals surface area contributed by atoms with Gasteiger partial charge in [0.15, 0.2) is 0 Å². The van der Waals surface area contributed by atoms with E-state index < -0.39 is 0 Å². The smallest absolute Gasteiger partial charge is 0.0806 e. The van der Waals surface area contributed by atoms with Crippen molar-refractivity contribution in [3.63, 3.8) is 0 Å². The molecular formula is C10H16N2O. The van der Waals surface area contributed by atoms with Gasteiger partial charge in [-0.1, -0.05) is 30.3 Å². The van der Waals surface area contributed by atoms with Gasteiger partial charge in [-0.15, -0.1) is 0 Å². The van der Waals surface area contributed by atoms with Gasteiger partial charge in [-0.05, 0) is 12.6 Å². The van der Waals surface area contributed by atoms with Crippen LogP contribution in [-0.2, 0) is 11.4 Å². The van der Waals surface area contributed by atoms with Gasteiger partial charge in [0.1, 0.15) is 0 Å². The van der Waals surface area contributed by atoms with Crippen LogP contribution in [0, 0.1) is 0 Å². The van der Waals surface area contributed by atoms with Gasteiger partial charge < -0.3 is 4.84 Å². The first-order valence-corrected chi connectivity index (χ1v) is 4.37. The SMILES string of the molecule is CN(CCON)Cc1ccccc1. The molecule has 1 aromatic rings. The van der Waals surface area contributed by atoms with Crippen molar-refractivity contribution in [1.29, 1.82) is 0 Å². The fourth-order valence-electron chi connectivity index (χ4n) is 1.18. The Morgan fingerprint density at radius 2 is 2.00 bits per heavy atom. The average Bonchev–Trinajstić information content (AvgIpc) is 2.16. The van der Waals surface area contributed by atoms with Crippen LogP contribution in [0.4, 0.5) is 0 Å². The molecule has 0 aliphatic carbocycles. The first-order chi connectivity index (χ1) is 6.33. The van der Waals surface area contributed by atoms with Crippen LogP contribution in [0.25, 0.3) is 0 Å². The molecule has 0 heterocycles. The third-order valence-electron chi connectivity index (χ3n) is 1.89. The van der Waals surface area contributed by atoms with Crippen LogP contribution in [0.1, 0.15) is 5.56 Å². The first-order valence-electron chi connectivity index (χ1n) is 4.37. The van der Waals surface area contributed by atoms with E-state index in [2.05, 4.69) is 21.9 Å². The number of nitrogens with two attached hydrogens (primary N) is 1. The number of benzene rings is 1. The Kier molecular flexibility index (Phi) is 4.46. The Balaban J connectivity index is 2.32. The molecule has 0 aliphatic rings. The van der Waals surface area contributed by atoms with Crippen molar-refractivity contribution in [1.82, 2.24) is 4.90 Å². The third kappa shape index (κ3) is 4.03. The van der Waals surface area contributed by atoms with Gasteiger partial charge in [0.05, 0.1) is 6.61 Å². The van der Waals surface area contributed by atoms with Gasteiger partial charge in [-0.3, -0.25) is 4.90 Å². The largest absolute Gasteiger partial charge is 0.303 e. The molecule has 0 atom stereocenters. The topological polar surface area (TPSA) is 38.5 Å². The fraction of sp³-hybridized carbons (Fsp3) is 0.400. The van der Waals surface area contributed by atoms with E-state index in [1.165, 1.54) is 5.56 Å². The minimum absolute atomic E-state index is 0.573. The van der Waals surface area contributed by atoms with Gasteiger partial charge in [0, 0.05) is 13.1 Å². The summed E-state index contributed by atoms with van der Waals surface area (Å²) in [4.78, 5) is 6.68. The number of likely N-dealkylation sites (N-methyl/N-ethyl adjacent to an activating group) is 1. The Hall–Kier alpha value is -0.900. The predicted molar refractivity (Wildman–Crippen MR) is 52.9 cm³/mol. The molecule has 2 N–H and O–H groups in total. The standard InChI is InChI=1S/C10H16N2O/c1-12(7-8-13-11)9-10-5-3-2-4-6-10/h2-6H,7-9,11H2,1H3. The highest BCUT2D eigenvalue weighted by Gasteiger charge is 1.98. The van der Waals surface area contributed by atoms with Crippen LogP contribution in [0.2, 0.25) is 0 Å². The molecule has 1 rings (SSSR count). The Bertz CT molecular complexity index is 226. The van der Waals surface area contributed by atoms with Gasteiger partial charge in [-0.25, -0.2) is 5.90 Å². The lowest BCUT2D eigenvalue weighted by Crippen LogP contribution is -2.23. The van der Waals surface area contributed by atoms with Crippen molar-refractivity contribution in [2.75, 3.05) is 20.2 Å². The van der Waals surface area contributed by atoms with E-state index in [1.54, 1.807) is 0 Å². The highest BCUT2D eigenvalue weighted by Crippen LogP contribution is 2.01. The molecule has 3 heteroatoms. The number of rotatable bonds is 5. The van der Waals surface area contributed by atoms with Crippen LogP contribution in [0.3, 0.4) is 0 Å². The first kappa shape index (κ1) is 10.2. The minimum atomic E-state index is 0.573. The van der Waals surface area contributed by atoms with Gasteiger partial charge in [-0.2, -0.15) is 0 Å². The molecule has 0 unspecified atom stereocenters. The minimum Gasteiger partial charge on any atom is -0.303 e. The average molecular weight is 180 g/mol. The highest BCUT2D eigenvalue weighted by molar-refractivity contribution is 5.14. The van der Waals surface area contributed by atoms with E-state index in [0.717, 1.165) is 13.1 Å². The lowest BCUT2D eigenvalue weighted by molar-refractivity contribution is 0.112. The van der Waals surface area contributed by atoms with E-state index in [0.29, 0.717) is 6.61 Å². The summed E-state index contributed by atoms with van der Waals surface area (Å²) in [5.74, 6) is 4.94. The Labute approximate surface area is 79.1 Å². The summed E-state index contributed by atoms with van der Waals surface area (Å²) in [6.45, 7) is 2.36. The summed E-state index contributed by atoms with van der Waals surface area (Å²) in [6, 6.07) is 10.3. The summed E-state index contributed by atoms with van der Waals surface area (Å²) in [5.41, 5.74) is 1.31. The van der Waals surface area contributed by atoms with Crippen molar-refractivity contribution < 1.29 is 4.84 Å². The van der Waals surface area contributed by atoms with E-state index in [9.17, 15) is 0 Å². The van der Waals surface area contributed by atoms with Gasteiger partial charge in [0.2, 0.25) is 0 Å². The summed E-state index contributed by atoms with van der Waals surface area (Å²) in [6.07, 6.45) is 0. The third-order valence-corrected chi connectivity index (χ3v) is 1.89. The molecule has 0 radical (unpaired) electrons. The van der Waals surface area contributed by atoms with Crippen molar-refractivity contribution in [3.8, 4) is 0 Å². The maximum absolute atomic E-state index is 4.94. The van der Waals surface area contributed by atoms with Crippen molar-refractivity contribution in [2.45, 2.75) is 6.54 Å². The van der Waals surface area contributed by atoms with E-state index in [4.69, 9.17) is 5.90 Å². The van der Waals surface area contributed by atoms with Gasteiger partial charge in [0.25, 0.3) is 0 Å². The van der Waals surface area contributed by atoms with Crippen LogP contribution < -0.4 is 5.90 Å². The molecule has 1 aromatic carbocycles. The molecule has 0 fully saturated rings. The maximum atomic E-state index is 4.94. The number of hydrogen-bond acceptors (Lipinski definition) is 3. The molecule has 0 saturated carbocycles. The van der Waals surface area contributed by atoms with Crippen molar-refractivity contribution in [3.05, 3.63) is 35.9 Å². The van der Waals surface area contributed by atoms with Crippen LogP contribution >= 0.6 is 0 Å². The van der Waals surface area contributed by atoms with Gasteiger partial charge >= 0.3 is 0 Å². The second-order valence-electron chi connectivity index (χ2n) is 3.09. The predicted octanol–water partition coefficient (Wildman–Crippen LogP) is 1.01. The second-order valence-corrected chi connectivity index (χ2v) is 3.09. The quantitative estimate of drug-likeness (QED) is 0.687. The zero-order valence-electron chi connectivity index (χ0n) is 7.94. The number of hydrogen-bond donors (Lipinski definition) is 1. The molecule has 13 heavy (non-hydrogen) atoms. The Morgan fingerprint density at radius 1 is 1.31 bits per heavy atom. The van der Waals surface area contributed by atoms with Crippen LogP contribution in [-0.4, -0.2) is 25.1 Å². The molecule has 0 aliphatic heterocycles. The maximum Gasteiger partial charge on any atom is 0.0806 e. The van der Waals surface area contributed by atoms with E-state index in [-0.39, 0.29) is 0 Å². The molecule has 0 aromatic heterocycles. The zero-order valence-corrected chi connectivity index (χ0v) is 7.94. The lowest BCUT2D eigenvalue weighted by Gasteiger charge is -2.15. The molecular weight excluding hydrogens is 164 g/mol. The second kappa shape index (κ2) is 5.70. The molecule has 72 valence electrons. The summed E-state index contributed by atoms with van der Waals surface area (Å²) < 4.78 is 0. The normalized spacial score (nSPS) is 10.7. The van der Waals surface area contributed by atoms with Crippen LogP contribution in [0.15, 0.2) is 30.3 Å². The monoisotopic (exact) mass is 180 g/mol. The molecule has 0 spiro atoms. The summed E-state index contributed by atoms with van der Waals surface area (Å²) in [7, 11) is 2.05. The molecule has 0 saturated heterocycles. The van der Waals surface area contributed by atoms with Crippen molar-refractivity contribution in [2.24, 2.45) is 5.90 Å². The van der Waals surface area contributed by atoms with Crippen LogP contribution in [0.5, 0.6) is 0 Å². The summed E-state index contributed by atoms with van der Waals surface area (Å²) in [5, 5.41) is 0. The number of nitrogens with zero attached hydrogens (tertiary/aromatic N) is 1.